The van der Waals surface area contributed by atoms with Gasteiger partial charge in [-0.15, -0.1) is 4.31 Å². The Balaban J connectivity index is 2.39. The SMILES string of the molecule is Cc1cc(C(C)(C)C)cc(C)c1[S+]([O-])N1C[C@H](F)C[C@@H]1C#N. The van der Waals surface area contributed by atoms with Crippen molar-refractivity contribution in [2.24, 2.45) is 0 Å². The molecule has 2 rings (SSSR count). The highest BCUT2D eigenvalue weighted by molar-refractivity contribution is 7.89. The maximum absolute atomic E-state index is 13.6. The standard InChI is InChI=1S/C17H23FN2OS/c1-11-6-13(17(3,4)5)7-12(2)16(11)22(21)20-10-14(18)8-15(20)9-19/h6-7,14-15H,8,10H2,1-5H3/t14-,15-,22?/m1/s1. The van der Waals surface area contributed by atoms with Crippen molar-refractivity contribution >= 4 is 11.4 Å². The third-order valence-corrected chi connectivity index (χ3v) is 5.89. The molecule has 0 bridgehead atoms. The lowest BCUT2D eigenvalue weighted by molar-refractivity contribution is 0.343. The van der Waals surface area contributed by atoms with E-state index in [9.17, 15) is 8.94 Å². The Hall–Kier alpha value is -1.09. The van der Waals surface area contributed by atoms with Crippen LogP contribution in [0.5, 0.6) is 0 Å². The highest BCUT2D eigenvalue weighted by Gasteiger charge is 2.42. The van der Waals surface area contributed by atoms with Gasteiger partial charge in [-0.05, 0) is 24.8 Å². The van der Waals surface area contributed by atoms with E-state index in [2.05, 4.69) is 26.8 Å². The first-order valence-corrected chi connectivity index (χ1v) is 8.59. The normalized spacial score (nSPS) is 24.3. The van der Waals surface area contributed by atoms with Crippen molar-refractivity contribution in [2.45, 2.75) is 63.6 Å². The van der Waals surface area contributed by atoms with Crippen molar-refractivity contribution in [3.8, 4) is 6.07 Å². The summed E-state index contributed by atoms with van der Waals surface area (Å²) in [6.45, 7) is 10.3. The van der Waals surface area contributed by atoms with Gasteiger partial charge in [-0.1, -0.05) is 32.9 Å². The molecular weight excluding hydrogens is 299 g/mol. The molecular formula is C17H23FN2OS. The van der Waals surface area contributed by atoms with E-state index < -0.39 is 23.6 Å². The Morgan fingerprint density at radius 3 is 2.32 bits per heavy atom. The van der Waals surface area contributed by atoms with Crippen LogP contribution in [0.4, 0.5) is 4.39 Å². The van der Waals surface area contributed by atoms with Crippen LogP contribution in [0, 0.1) is 25.2 Å². The van der Waals surface area contributed by atoms with E-state index >= 15 is 0 Å². The maximum atomic E-state index is 13.6. The van der Waals surface area contributed by atoms with Gasteiger partial charge in [0.05, 0.1) is 24.0 Å². The van der Waals surface area contributed by atoms with Gasteiger partial charge in [-0.2, -0.15) is 5.26 Å². The van der Waals surface area contributed by atoms with E-state index in [1.165, 1.54) is 9.87 Å². The fourth-order valence-corrected chi connectivity index (χ4v) is 4.40. The Labute approximate surface area is 135 Å². The molecule has 0 N–H and O–H groups in total. The lowest BCUT2D eigenvalue weighted by Gasteiger charge is -2.26. The summed E-state index contributed by atoms with van der Waals surface area (Å²) in [5.41, 5.74) is 3.07. The van der Waals surface area contributed by atoms with Gasteiger partial charge in [-0.3, -0.25) is 0 Å². The van der Waals surface area contributed by atoms with Crippen LogP contribution < -0.4 is 0 Å². The molecule has 0 radical (unpaired) electrons. The van der Waals surface area contributed by atoms with Gasteiger partial charge in [0, 0.05) is 17.5 Å². The Kier molecular flexibility index (Phi) is 4.86. The third kappa shape index (κ3) is 3.29. The smallest absolute Gasteiger partial charge is 0.179 e. The van der Waals surface area contributed by atoms with Crippen molar-refractivity contribution < 1.29 is 8.94 Å². The molecule has 3 atom stereocenters. The second-order valence-corrected chi connectivity index (χ2v) is 8.39. The molecule has 0 spiro atoms. The van der Waals surface area contributed by atoms with E-state index in [4.69, 9.17) is 5.26 Å². The molecule has 120 valence electrons. The van der Waals surface area contributed by atoms with Crippen molar-refractivity contribution in [3.05, 3.63) is 28.8 Å². The second-order valence-electron chi connectivity index (χ2n) is 7.02. The first-order valence-electron chi connectivity index (χ1n) is 7.49. The molecule has 0 aliphatic carbocycles. The van der Waals surface area contributed by atoms with Crippen molar-refractivity contribution in [3.63, 3.8) is 0 Å². The predicted molar refractivity (Wildman–Crippen MR) is 86.6 cm³/mol. The first kappa shape index (κ1) is 17.3. The minimum Gasteiger partial charge on any atom is -0.593 e. The average molecular weight is 322 g/mol. The van der Waals surface area contributed by atoms with Crippen molar-refractivity contribution in [1.82, 2.24) is 4.31 Å². The van der Waals surface area contributed by atoms with Gasteiger partial charge in [0.25, 0.3) is 0 Å². The minimum absolute atomic E-state index is 0.0163. The summed E-state index contributed by atoms with van der Waals surface area (Å²) in [4.78, 5) is 0.711. The topological polar surface area (TPSA) is 50.1 Å². The summed E-state index contributed by atoms with van der Waals surface area (Å²) in [7, 11) is 0. The number of hydrogen-bond donors (Lipinski definition) is 0. The average Bonchev–Trinajstić information content (AvgIpc) is 2.77. The fraction of sp³-hybridized carbons (Fsp3) is 0.588. The number of aryl methyl sites for hydroxylation is 2. The van der Waals surface area contributed by atoms with Crippen molar-refractivity contribution in [2.75, 3.05) is 6.54 Å². The lowest BCUT2D eigenvalue weighted by atomic mass is 9.85. The van der Waals surface area contributed by atoms with E-state index in [0.29, 0.717) is 4.90 Å². The zero-order chi connectivity index (χ0) is 16.7. The summed E-state index contributed by atoms with van der Waals surface area (Å²) in [6.07, 6.45) is -0.941. The number of nitriles is 1. The fourth-order valence-electron chi connectivity index (χ4n) is 2.83. The second kappa shape index (κ2) is 6.19. The van der Waals surface area contributed by atoms with E-state index in [-0.39, 0.29) is 18.4 Å². The number of hydrogen-bond acceptors (Lipinski definition) is 3. The maximum Gasteiger partial charge on any atom is 0.179 e. The molecule has 1 aromatic carbocycles. The lowest BCUT2D eigenvalue weighted by Crippen LogP contribution is -2.36. The summed E-state index contributed by atoms with van der Waals surface area (Å²) >= 11 is -1.50. The van der Waals surface area contributed by atoms with Gasteiger partial charge in [0.15, 0.2) is 4.90 Å². The van der Waals surface area contributed by atoms with Crippen LogP contribution in [-0.2, 0) is 16.8 Å². The number of halogens is 1. The molecule has 1 heterocycles. The van der Waals surface area contributed by atoms with Gasteiger partial charge in [0.2, 0.25) is 0 Å². The molecule has 1 aliphatic rings. The van der Waals surface area contributed by atoms with E-state index in [1.807, 2.05) is 26.0 Å². The third-order valence-electron chi connectivity index (χ3n) is 4.07. The van der Waals surface area contributed by atoms with Gasteiger partial charge < -0.3 is 4.55 Å². The summed E-state index contributed by atoms with van der Waals surface area (Å²) in [5, 5.41) is 9.15. The first-order chi connectivity index (χ1) is 10.1. The van der Waals surface area contributed by atoms with Crippen LogP contribution in [0.25, 0.3) is 0 Å². The minimum atomic E-state index is -1.50. The zero-order valence-corrected chi connectivity index (χ0v) is 14.6. The van der Waals surface area contributed by atoms with Crippen LogP contribution in [0.2, 0.25) is 0 Å². The Morgan fingerprint density at radius 2 is 1.86 bits per heavy atom. The molecule has 5 heteroatoms. The summed E-state index contributed by atoms with van der Waals surface area (Å²) in [6, 6.07) is 5.54. The van der Waals surface area contributed by atoms with E-state index in [1.54, 1.807) is 0 Å². The van der Waals surface area contributed by atoms with Gasteiger partial charge >= 0.3 is 0 Å². The number of benzene rings is 1. The number of nitrogens with zero attached hydrogens (tertiary/aromatic N) is 2. The molecule has 0 saturated carbocycles. The Morgan fingerprint density at radius 1 is 1.32 bits per heavy atom. The number of rotatable bonds is 2. The molecule has 1 aliphatic heterocycles. The highest BCUT2D eigenvalue weighted by atomic mass is 32.2. The Bertz CT molecular complexity index is 583. The molecule has 0 amide bonds. The molecule has 1 aromatic rings. The van der Waals surface area contributed by atoms with Crippen molar-refractivity contribution in [1.29, 1.82) is 5.26 Å². The molecule has 3 nitrogen and oxygen atoms in total. The van der Waals surface area contributed by atoms with Crippen LogP contribution in [0.15, 0.2) is 17.0 Å². The highest BCUT2D eigenvalue weighted by Crippen LogP contribution is 2.33. The van der Waals surface area contributed by atoms with Crippen LogP contribution in [0.1, 0.15) is 43.9 Å². The zero-order valence-electron chi connectivity index (χ0n) is 13.8. The molecule has 1 fully saturated rings. The van der Waals surface area contributed by atoms with Crippen LogP contribution >= 0.6 is 0 Å². The van der Waals surface area contributed by atoms with E-state index in [0.717, 1.165) is 11.1 Å². The number of alkyl halides is 1. The van der Waals surface area contributed by atoms with Crippen LogP contribution in [-0.4, -0.2) is 27.6 Å². The predicted octanol–water partition coefficient (Wildman–Crippen LogP) is 3.56. The van der Waals surface area contributed by atoms with Crippen LogP contribution in [0.3, 0.4) is 0 Å². The monoisotopic (exact) mass is 322 g/mol. The quantitative estimate of drug-likeness (QED) is 0.782. The largest absolute Gasteiger partial charge is 0.593 e. The summed E-state index contributed by atoms with van der Waals surface area (Å²) in [5.74, 6) is 0. The van der Waals surface area contributed by atoms with Gasteiger partial charge in [-0.25, -0.2) is 4.39 Å². The molecule has 1 saturated heterocycles. The molecule has 0 aromatic heterocycles. The molecule has 1 unspecified atom stereocenters. The van der Waals surface area contributed by atoms with Gasteiger partial charge in [0.1, 0.15) is 12.2 Å². The summed E-state index contributed by atoms with van der Waals surface area (Å²) < 4.78 is 27.9. The molecule has 22 heavy (non-hydrogen) atoms.